The molecule has 2 aromatic heterocycles. The molecule has 0 radical (unpaired) electrons. The predicted octanol–water partition coefficient (Wildman–Crippen LogP) is 5.05. The Morgan fingerprint density at radius 2 is 2.17 bits per heavy atom. The molecule has 0 aliphatic heterocycles. The Hall–Kier alpha value is -2.21. The fourth-order valence-electron chi connectivity index (χ4n) is 2.48. The minimum absolute atomic E-state index is 0.190. The van der Waals surface area contributed by atoms with Crippen molar-refractivity contribution in [2.75, 3.05) is 0 Å². The van der Waals surface area contributed by atoms with E-state index in [1.165, 1.54) is 21.7 Å². The number of nitrogens with zero attached hydrogens (tertiary/aromatic N) is 2. The van der Waals surface area contributed by atoms with Crippen LogP contribution in [0.4, 0.5) is 8.78 Å². The molecule has 0 amide bonds. The Kier molecular flexibility index (Phi) is 4.41. The van der Waals surface area contributed by atoms with Crippen LogP contribution < -0.4 is 4.74 Å². The average molecular weight is 348 g/mol. The van der Waals surface area contributed by atoms with E-state index in [2.05, 4.69) is 17.1 Å². The van der Waals surface area contributed by atoms with Gasteiger partial charge >= 0.3 is 0 Å². The summed E-state index contributed by atoms with van der Waals surface area (Å²) < 4.78 is 35.0. The van der Waals surface area contributed by atoms with Crippen LogP contribution in [-0.4, -0.2) is 9.78 Å². The molecule has 24 heavy (non-hydrogen) atoms. The summed E-state index contributed by atoms with van der Waals surface area (Å²) >= 11 is 1.66. The molecule has 0 saturated carbocycles. The van der Waals surface area contributed by atoms with E-state index >= 15 is 0 Å². The maximum absolute atomic E-state index is 13.3. The first kappa shape index (κ1) is 16.6. The highest BCUT2D eigenvalue weighted by Gasteiger charge is 2.28. The van der Waals surface area contributed by atoms with Crippen LogP contribution in [0, 0.1) is 0 Å². The Labute approximate surface area is 143 Å². The molecule has 0 aliphatic carbocycles. The lowest BCUT2D eigenvalue weighted by Crippen LogP contribution is -2.08. The van der Waals surface area contributed by atoms with Crippen LogP contribution >= 0.6 is 11.3 Å². The van der Waals surface area contributed by atoms with Crippen LogP contribution in [0.5, 0.6) is 5.75 Å². The van der Waals surface area contributed by atoms with Crippen LogP contribution in [0.15, 0.2) is 42.3 Å². The smallest absolute Gasteiger partial charge is 0.288 e. The average Bonchev–Trinajstić information content (AvgIpc) is 3.09. The largest absolute Gasteiger partial charge is 0.487 e. The van der Waals surface area contributed by atoms with Gasteiger partial charge in [0.05, 0.1) is 5.69 Å². The molecule has 0 bridgehead atoms. The zero-order chi connectivity index (χ0) is 17.3. The van der Waals surface area contributed by atoms with Crippen molar-refractivity contribution >= 4 is 21.4 Å². The standard InChI is InChI=1S/C18H18F2N2OS/c1-4-5-12-11-24-16-9-14(6-7-15(12)16)23-10-13-8-17(18(2,19)20)21-22(13)3/h4,6-9,11H,1,5,10H2,2-3H3. The lowest BCUT2D eigenvalue weighted by molar-refractivity contribution is 0.0122. The first-order valence-electron chi connectivity index (χ1n) is 7.53. The molecule has 0 spiro atoms. The van der Waals surface area contributed by atoms with Crippen molar-refractivity contribution in [1.82, 2.24) is 9.78 Å². The number of thiophene rings is 1. The summed E-state index contributed by atoms with van der Waals surface area (Å²) in [7, 11) is 1.64. The maximum Gasteiger partial charge on any atom is 0.288 e. The van der Waals surface area contributed by atoms with Gasteiger partial charge < -0.3 is 4.74 Å². The summed E-state index contributed by atoms with van der Waals surface area (Å²) in [5.74, 6) is -2.24. The quantitative estimate of drug-likeness (QED) is 0.583. The SMILES string of the molecule is C=CCc1csc2cc(OCc3cc(C(C)(F)F)nn3C)ccc12. The lowest BCUT2D eigenvalue weighted by Gasteiger charge is -2.06. The summed E-state index contributed by atoms with van der Waals surface area (Å²) in [6, 6.07) is 7.27. The van der Waals surface area contributed by atoms with Gasteiger partial charge in [0.15, 0.2) is 0 Å². The summed E-state index contributed by atoms with van der Waals surface area (Å²) in [6.45, 7) is 4.80. The monoisotopic (exact) mass is 348 g/mol. The first-order chi connectivity index (χ1) is 11.4. The van der Waals surface area contributed by atoms with E-state index in [0.29, 0.717) is 11.4 Å². The van der Waals surface area contributed by atoms with Crippen LogP contribution in [0.2, 0.25) is 0 Å². The number of alkyl halides is 2. The van der Waals surface area contributed by atoms with Crippen molar-refractivity contribution in [1.29, 1.82) is 0 Å². The van der Waals surface area contributed by atoms with E-state index in [4.69, 9.17) is 4.74 Å². The number of aromatic nitrogens is 2. The summed E-state index contributed by atoms with van der Waals surface area (Å²) in [5, 5.41) is 7.16. The molecule has 0 unspecified atom stereocenters. The number of hydrogen-bond acceptors (Lipinski definition) is 3. The highest BCUT2D eigenvalue weighted by molar-refractivity contribution is 7.17. The van der Waals surface area contributed by atoms with Crippen molar-refractivity contribution in [2.24, 2.45) is 7.05 Å². The molecular formula is C18H18F2N2OS. The zero-order valence-electron chi connectivity index (χ0n) is 13.6. The van der Waals surface area contributed by atoms with Crippen molar-refractivity contribution in [2.45, 2.75) is 25.9 Å². The minimum atomic E-state index is -2.95. The molecule has 3 aromatic rings. The van der Waals surface area contributed by atoms with Gasteiger partial charge in [0.2, 0.25) is 0 Å². The molecule has 126 valence electrons. The van der Waals surface area contributed by atoms with Crippen molar-refractivity contribution in [3.63, 3.8) is 0 Å². The molecule has 1 aromatic carbocycles. The molecular weight excluding hydrogens is 330 g/mol. The summed E-state index contributed by atoms with van der Waals surface area (Å²) in [5.41, 5.74) is 1.61. The Balaban J connectivity index is 1.76. The molecule has 0 fully saturated rings. The third-order valence-corrected chi connectivity index (χ3v) is 4.80. The van der Waals surface area contributed by atoms with Crippen molar-refractivity contribution in [3.05, 3.63) is 59.3 Å². The van der Waals surface area contributed by atoms with Gasteiger partial charge in [-0.05, 0) is 47.0 Å². The van der Waals surface area contributed by atoms with E-state index in [-0.39, 0.29) is 12.3 Å². The van der Waals surface area contributed by atoms with Gasteiger partial charge in [0.25, 0.3) is 5.92 Å². The molecule has 2 heterocycles. The van der Waals surface area contributed by atoms with Crippen molar-refractivity contribution < 1.29 is 13.5 Å². The summed E-state index contributed by atoms with van der Waals surface area (Å²) in [6.07, 6.45) is 2.72. The Morgan fingerprint density at radius 1 is 1.38 bits per heavy atom. The number of rotatable bonds is 6. The number of halogens is 2. The van der Waals surface area contributed by atoms with Crippen LogP contribution in [-0.2, 0) is 26.0 Å². The lowest BCUT2D eigenvalue weighted by atomic mass is 10.1. The zero-order valence-corrected chi connectivity index (χ0v) is 14.4. The third-order valence-electron chi connectivity index (χ3n) is 3.80. The van der Waals surface area contributed by atoms with Gasteiger partial charge in [-0.1, -0.05) is 6.08 Å². The fraction of sp³-hybridized carbons (Fsp3) is 0.278. The van der Waals surface area contributed by atoms with Gasteiger partial charge in [-0.15, -0.1) is 17.9 Å². The van der Waals surface area contributed by atoms with Gasteiger partial charge in [0.1, 0.15) is 18.1 Å². The molecule has 6 heteroatoms. The normalized spacial score (nSPS) is 11.8. The minimum Gasteiger partial charge on any atom is -0.487 e. The highest BCUT2D eigenvalue weighted by atomic mass is 32.1. The maximum atomic E-state index is 13.3. The van der Waals surface area contributed by atoms with E-state index in [1.54, 1.807) is 18.4 Å². The van der Waals surface area contributed by atoms with Gasteiger partial charge in [-0.3, -0.25) is 4.68 Å². The second-order valence-corrected chi connectivity index (χ2v) is 6.64. The second kappa shape index (κ2) is 6.36. The van der Waals surface area contributed by atoms with Gasteiger partial charge in [-0.25, -0.2) is 0 Å². The fourth-order valence-corrected chi connectivity index (χ4v) is 3.48. The van der Waals surface area contributed by atoms with Gasteiger partial charge in [0, 0.05) is 18.7 Å². The van der Waals surface area contributed by atoms with Crippen LogP contribution in [0.25, 0.3) is 10.1 Å². The van der Waals surface area contributed by atoms with Crippen molar-refractivity contribution in [3.8, 4) is 5.75 Å². The van der Waals surface area contributed by atoms with Crippen LogP contribution in [0.3, 0.4) is 0 Å². The molecule has 0 atom stereocenters. The molecule has 3 nitrogen and oxygen atoms in total. The second-order valence-electron chi connectivity index (χ2n) is 5.73. The molecule has 0 N–H and O–H groups in total. The van der Waals surface area contributed by atoms with E-state index < -0.39 is 5.92 Å². The predicted molar refractivity (Wildman–Crippen MR) is 92.8 cm³/mol. The first-order valence-corrected chi connectivity index (χ1v) is 8.41. The topological polar surface area (TPSA) is 27.1 Å². The Bertz CT molecular complexity index is 877. The molecule has 0 saturated heterocycles. The van der Waals surface area contributed by atoms with E-state index in [9.17, 15) is 8.78 Å². The third kappa shape index (κ3) is 3.33. The number of hydrogen-bond donors (Lipinski definition) is 0. The Morgan fingerprint density at radius 3 is 2.83 bits per heavy atom. The van der Waals surface area contributed by atoms with E-state index in [1.807, 2.05) is 24.3 Å². The number of benzene rings is 1. The number of aryl methyl sites for hydroxylation is 1. The number of allylic oxidation sites excluding steroid dienone is 1. The van der Waals surface area contributed by atoms with Crippen LogP contribution in [0.1, 0.15) is 23.9 Å². The number of ether oxygens (including phenoxy) is 1. The molecule has 0 aliphatic rings. The van der Waals surface area contributed by atoms with E-state index in [0.717, 1.165) is 18.0 Å². The summed E-state index contributed by atoms with van der Waals surface area (Å²) in [4.78, 5) is 0. The molecule has 3 rings (SSSR count). The highest BCUT2D eigenvalue weighted by Crippen LogP contribution is 2.31. The van der Waals surface area contributed by atoms with Gasteiger partial charge in [-0.2, -0.15) is 13.9 Å². The number of fused-ring (bicyclic) bond motifs is 1.